The normalized spacial score (nSPS) is 20.7. The molecule has 0 N–H and O–H groups in total. The summed E-state index contributed by atoms with van der Waals surface area (Å²) in [6, 6.07) is 5.01. The van der Waals surface area contributed by atoms with Crippen molar-refractivity contribution < 1.29 is 19.1 Å². The zero-order valence-corrected chi connectivity index (χ0v) is 13.0. The molecular weight excluding hydrogens is 284 g/mol. The van der Waals surface area contributed by atoms with Crippen molar-refractivity contribution in [3.8, 4) is 11.5 Å². The second-order valence-electron chi connectivity index (χ2n) is 5.89. The van der Waals surface area contributed by atoms with Crippen molar-refractivity contribution in [3.05, 3.63) is 18.2 Å². The molecule has 22 heavy (non-hydrogen) atoms. The Hall–Kier alpha value is -2.24. The Balaban J connectivity index is 1.80. The molecule has 0 saturated carbocycles. The van der Waals surface area contributed by atoms with E-state index in [4.69, 9.17) is 9.47 Å². The predicted molar refractivity (Wildman–Crippen MR) is 80.9 cm³/mol. The van der Waals surface area contributed by atoms with E-state index < -0.39 is 6.04 Å². The van der Waals surface area contributed by atoms with Gasteiger partial charge in [-0.15, -0.1) is 0 Å². The highest BCUT2D eigenvalue weighted by Crippen LogP contribution is 2.36. The fourth-order valence-electron chi connectivity index (χ4n) is 2.81. The van der Waals surface area contributed by atoms with Gasteiger partial charge in [0, 0.05) is 30.8 Å². The van der Waals surface area contributed by atoms with Gasteiger partial charge in [0.15, 0.2) is 11.5 Å². The number of amides is 2. The molecule has 0 aromatic heterocycles. The van der Waals surface area contributed by atoms with Gasteiger partial charge in [-0.3, -0.25) is 9.59 Å². The van der Waals surface area contributed by atoms with Gasteiger partial charge in [0.1, 0.15) is 6.04 Å². The Labute approximate surface area is 129 Å². The fourth-order valence-corrected chi connectivity index (χ4v) is 2.81. The maximum absolute atomic E-state index is 12.6. The van der Waals surface area contributed by atoms with Crippen LogP contribution < -0.4 is 14.4 Å². The highest BCUT2D eigenvalue weighted by atomic mass is 16.7. The molecule has 1 aromatic rings. The van der Waals surface area contributed by atoms with Crippen LogP contribution >= 0.6 is 0 Å². The minimum absolute atomic E-state index is 0.0196. The van der Waals surface area contributed by atoms with Gasteiger partial charge in [-0.05, 0) is 19.1 Å². The summed E-state index contributed by atoms with van der Waals surface area (Å²) < 4.78 is 10.6. The second kappa shape index (κ2) is 5.51. The lowest BCUT2D eigenvalue weighted by atomic mass is 10.1. The average Bonchev–Trinajstić information content (AvgIpc) is 2.96. The number of piperazine rings is 1. The topological polar surface area (TPSA) is 59.1 Å². The number of carbonyl (C=O) groups is 2. The van der Waals surface area contributed by atoms with Crippen molar-refractivity contribution >= 4 is 17.5 Å². The number of fused-ring (bicyclic) bond motifs is 1. The van der Waals surface area contributed by atoms with Gasteiger partial charge in [-0.1, -0.05) is 13.8 Å². The van der Waals surface area contributed by atoms with Crippen molar-refractivity contribution in [3.63, 3.8) is 0 Å². The summed E-state index contributed by atoms with van der Waals surface area (Å²) in [5.74, 6) is 1.19. The van der Waals surface area contributed by atoms with E-state index in [9.17, 15) is 9.59 Å². The van der Waals surface area contributed by atoms with Crippen LogP contribution in [0.5, 0.6) is 11.5 Å². The maximum Gasteiger partial charge on any atom is 0.249 e. The Morgan fingerprint density at radius 3 is 2.68 bits per heavy atom. The first-order valence-electron chi connectivity index (χ1n) is 7.50. The lowest BCUT2D eigenvalue weighted by Crippen LogP contribution is -2.58. The third-order valence-electron chi connectivity index (χ3n) is 4.10. The number of carbonyl (C=O) groups excluding carboxylic acids is 2. The standard InChI is InChI=1S/C16H20N2O4/c1-10(2)15(19)17-6-7-18(16(20)11(17)3)12-4-5-13-14(8-12)22-9-21-13/h4-5,8,10-11H,6-7,9H2,1-3H3/t11-/m0/s1. The van der Waals surface area contributed by atoms with Gasteiger partial charge in [0.2, 0.25) is 18.6 Å². The number of hydrogen-bond donors (Lipinski definition) is 0. The van der Waals surface area contributed by atoms with Gasteiger partial charge in [0.25, 0.3) is 0 Å². The van der Waals surface area contributed by atoms with Crippen molar-refractivity contribution in [1.29, 1.82) is 0 Å². The molecule has 2 aliphatic rings. The Bertz CT molecular complexity index is 614. The van der Waals surface area contributed by atoms with Crippen LogP contribution in [0.4, 0.5) is 5.69 Å². The summed E-state index contributed by atoms with van der Waals surface area (Å²) in [5, 5.41) is 0. The Kier molecular flexibility index (Phi) is 3.68. The van der Waals surface area contributed by atoms with Crippen molar-refractivity contribution in [2.24, 2.45) is 5.92 Å². The Morgan fingerprint density at radius 2 is 1.95 bits per heavy atom. The van der Waals surface area contributed by atoms with Crippen molar-refractivity contribution in [2.45, 2.75) is 26.8 Å². The number of anilines is 1. The second-order valence-corrected chi connectivity index (χ2v) is 5.89. The van der Waals surface area contributed by atoms with E-state index in [-0.39, 0.29) is 24.5 Å². The molecule has 1 saturated heterocycles. The van der Waals surface area contributed by atoms with Crippen LogP contribution in [0.25, 0.3) is 0 Å². The van der Waals surface area contributed by atoms with Crippen LogP contribution in [0.3, 0.4) is 0 Å². The number of rotatable bonds is 2. The molecule has 2 amide bonds. The minimum atomic E-state index is -0.450. The van der Waals surface area contributed by atoms with E-state index in [2.05, 4.69) is 0 Å². The highest BCUT2D eigenvalue weighted by molar-refractivity contribution is 6.00. The number of benzene rings is 1. The van der Waals surface area contributed by atoms with E-state index in [0.29, 0.717) is 24.6 Å². The van der Waals surface area contributed by atoms with Crippen molar-refractivity contribution in [2.75, 3.05) is 24.8 Å². The largest absolute Gasteiger partial charge is 0.454 e. The molecule has 0 aliphatic carbocycles. The average molecular weight is 304 g/mol. The smallest absolute Gasteiger partial charge is 0.249 e. The molecule has 0 unspecified atom stereocenters. The number of ether oxygens (including phenoxy) is 2. The van der Waals surface area contributed by atoms with Crippen LogP contribution in [-0.4, -0.2) is 42.6 Å². The third kappa shape index (κ3) is 2.38. The predicted octanol–water partition coefficient (Wildman–Crippen LogP) is 1.64. The van der Waals surface area contributed by atoms with Crippen LogP contribution in [0.15, 0.2) is 18.2 Å². The quantitative estimate of drug-likeness (QED) is 0.833. The molecule has 6 nitrogen and oxygen atoms in total. The molecule has 1 aromatic carbocycles. The zero-order chi connectivity index (χ0) is 15.9. The third-order valence-corrected chi connectivity index (χ3v) is 4.10. The molecular formula is C16H20N2O4. The van der Waals surface area contributed by atoms with E-state index in [1.807, 2.05) is 26.0 Å². The van der Waals surface area contributed by atoms with Gasteiger partial charge in [0.05, 0.1) is 0 Å². The Morgan fingerprint density at radius 1 is 1.23 bits per heavy atom. The summed E-state index contributed by atoms with van der Waals surface area (Å²) in [4.78, 5) is 28.2. The van der Waals surface area contributed by atoms with Gasteiger partial charge in [-0.2, -0.15) is 0 Å². The first-order chi connectivity index (χ1) is 10.5. The van der Waals surface area contributed by atoms with Crippen LogP contribution in [0.1, 0.15) is 20.8 Å². The lowest BCUT2D eigenvalue weighted by molar-refractivity contribution is -0.143. The summed E-state index contributed by atoms with van der Waals surface area (Å²) in [5.41, 5.74) is 0.776. The number of nitrogens with zero attached hydrogens (tertiary/aromatic N) is 2. The van der Waals surface area contributed by atoms with E-state index >= 15 is 0 Å². The monoisotopic (exact) mass is 304 g/mol. The minimum Gasteiger partial charge on any atom is -0.454 e. The molecule has 6 heteroatoms. The molecule has 118 valence electrons. The SMILES string of the molecule is CC(C)C(=O)N1CCN(c2ccc3c(c2)OCO3)C(=O)[C@@H]1C. The highest BCUT2D eigenvalue weighted by Gasteiger charge is 2.36. The van der Waals surface area contributed by atoms with Gasteiger partial charge in [-0.25, -0.2) is 0 Å². The number of hydrogen-bond acceptors (Lipinski definition) is 4. The molecule has 3 rings (SSSR count). The fraction of sp³-hybridized carbons (Fsp3) is 0.500. The summed E-state index contributed by atoms with van der Waals surface area (Å²) in [6.07, 6.45) is 0. The van der Waals surface area contributed by atoms with E-state index in [1.54, 1.807) is 22.8 Å². The lowest BCUT2D eigenvalue weighted by Gasteiger charge is -2.39. The molecule has 2 aliphatic heterocycles. The summed E-state index contributed by atoms with van der Waals surface area (Å²) in [7, 11) is 0. The molecule has 1 fully saturated rings. The van der Waals surface area contributed by atoms with E-state index in [1.165, 1.54) is 0 Å². The first kappa shape index (κ1) is 14.7. The first-order valence-corrected chi connectivity index (χ1v) is 7.50. The zero-order valence-electron chi connectivity index (χ0n) is 13.0. The van der Waals surface area contributed by atoms with Crippen LogP contribution in [-0.2, 0) is 9.59 Å². The van der Waals surface area contributed by atoms with Gasteiger partial charge >= 0.3 is 0 Å². The maximum atomic E-state index is 12.6. The van der Waals surface area contributed by atoms with Crippen LogP contribution in [0, 0.1) is 5.92 Å². The van der Waals surface area contributed by atoms with Crippen molar-refractivity contribution in [1.82, 2.24) is 4.90 Å². The summed E-state index contributed by atoms with van der Waals surface area (Å²) in [6.45, 7) is 6.72. The van der Waals surface area contributed by atoms with Gasteiger partial charge < -0.3 is 19.3 Å². The molecule has 0 radical (unpaired) electrons. The summed E-state index contributed by atoms with van der Waals surface area (Å²) >= 11 is 0. The molecule has 1 atom stereocenters. The molecule has 0 bridgehead atoms. The van der Waals surface area contributed by atoms with Crippen LogP contribution in [0.2, 0.25) is 0 Å². The van der Waals surface area contributed by atoms with E-state index in [0.717, 1.165) is 5.69 Å². The molecule has 2 heterocycles. The molecule has 0 spiro atoms.